The van der Waals surface area contributed by atoms with Gasteiger partial charge in [-0.3, -0.25) is 14.3 Å². The maximum atomic E-state index is 11.4. The molecule has 0 aliphatic carbocycles. The molecular weight excluding hydrogens is 230 g/mol. The molecule has 16 heavy (non-hydrogen) atoms. The first-order valence-corrected chi connectivity index (χ1v) is 6.82. The Morgan fingerprint density at radius 1 is 1.38 bits per heavy atom. The van der Waals surface area contributed by atoms with Gasteiger partial charge in [0.1, 0.15) is 0 Å². The van der Waals surface area contributed by atoms with Crippen LogP contribution in [0.25, 0.3) is 0 Å². The summed E-state index contributed by atoms with van der Waals surface area (Å²) in [6.07, 6.45) is 1.60. The minimum atomic E-state index is -0.882. The standard InChI is InChI=1S/C9H19N3O3S/c1-4-10-9(14)12-8(13)7(2)11-5-6-16(3)15/h7,11H,4-6H2,1-3H3,(H2,10,12,13,14). The predicted octanol–water partition coefficient (Wildman–Crippen LogP) is -0.811. The minimum Gasteiger partial charge on any atom is -0.338 e. The van der Waals surface area contributed by atoms with Gasteiger partial charge in [0.05, 0.1) is 6.04 Å². The Morgan fingerprint density at radius 3 is 2.50 bits per heavy atom. The van der Waals surface area contributed by atoms with Crippen molar-refractivity contribution < 1.29 is 13.8 Å². The van der Waals surface area contributed by atoms with Crippen LogP contribution in [0, 0.1) is 0 Å². The molecule has 0 radical (unpaired) electrons. The molecule has 6 nitrogen and oxygen atoms in total. The van der Waals surface area contributed by atoms with E-state index in [4.69, 9.17) is 0 Å². The molecule has 0 aromatic carbocycles. The molecule has 3 amide bonds. The number of carbonyl (C=O) groups excluding carboxylic acids is 2. The maximum Gasteiger partial charge on any atom is 0.321 e. The quantitative estimate of drug-likeness (QED) is 0.574. The fraction of sp³-hybridized carbons (Fsp3) is 0.778. The fourth-order valence-electron chi connectivity index (χ4n) is 0.937. The smallest absolute Gasteiger partial charge is 0.321 e. The second-order valence-electron chi connectivity index (χ2n) is 3.30. The summed E-state index contributed by atoms with van der Waals surface area (Å²) >= 11 is 0. The number of imide groups is 1. The van der Waals surface area contributed by atoms with Crippen molar-refractivity contribution in [1.29, 1.82) is 0 Å². The molecule has 0 saturated heterocycles. The van der Waals surface area contributed by atoms with Crippen LogP contribution in [0.4, 0.5) is 4.79 Å². The molecule has 7 heteroatoms. The Labute approximate surface area is 98.0 Å². The number of hydrogen-bond donors (Lipinski definition) is 3. The zero-order chi connectivity index (χ0) is 12.6. The Hall–Kier alpha value is -0.950. The molecule has 0 aromatic rings. The van der Waals surface area contributed by atoms with Crippen LogP contribution in [0.15, 0.2) is 0 Å². The zero-order valence-corrected chi connectivity index (χ0v) is 10.6. The van der Waals surface area contributed by atoms with Crippen molar-refractivity contribution in [3.8, 4) is 0 Å². The van der Waals surface area contributed by atoms with Gasteiger partial charge in [0.25, 0.3) is 0 Å². The maximum absolute atomic E-state index is 11.4. The SMILES string of the molecule is CCNC(=O)NC(=O)C(C)NCCS(C)=O. The van der Waals surface area contributed by atoms with Crippen molar-refractivity contribution in [2.45, 2.75) is 19.9 Å². The largest absolute Gasteiger partial charge is 0.338 e. The van der Waals surface area contributed by atoms with E-state index in [1.165, 1.54) is 0 Å². The molecular formula is C9H19N3O3S. The average Bonchev–Trinajstić information content (AvgIpc) is 2.17. The summed E-state index contributed by atoms with van der Waals surface area (Å²) in [4.78, 5) is 22.4. The molecule has 2 atom stereocenters. The van der Waals surface area contributed by atoms with Gasteiger partial charge in [-0.25, -0.2) is 4.79 Å². The van der Waals surface area contributed by atoms with Gasteiger partial charge in [-0.05, 0) is 13.8 Å². The lowest BCUT2D eigenvalue weighted by Gasteiger charge is -2.12. The molecule has 3 N–H and O–H groups in total. The lowest BCUT2D eigenvalue weighted by molar-refractivity contribution is -0.121. The molecule has 0 heterocycles. The second kappa shape index (κ2) is 8.23. The highest BCUT2D eigenvalue weighted by atomic mass is 32.2. The van der Waals surface area contributed by atoms with E-state index < -0.39 is 28.8 Å². The Kier molecular flexibility index (Phi) is 7.74. The monoisotopic (exact) mass is 249 g/mol. The highest BCUT2D eigenvalue weighted by Crippen LogP contribution is 1.82. The Balaban J connectivity index is 3.81. The van der Waals surface area contributed by atoms with E-state index in [1.54, 1.807) is 20.1 Å². The number of nitrogens with one attached hydrogen (secondary N) is 3. The lowest BCUT2D eigenvalue weighted by atomic mass is 10.3. The summed E-state index contributed by atoms with van der Waals surface area (Å²) in [5.74, 6) is 0.0894. The van der Waals surface area contributed by atoms with E-state index in [9.17, 15) is 13.8 Å². The molecule has 0 saturated carbocycles. The number of rotatable bonds is 6. The first kappa shape index (κ1) is 15.0. The van der Waals surface area contributed by atoms with Gasteiger partial charge in [0.15, 0.2) is 0 Å². The molecule has 94 valence electrons. The summed E-state index contributed by atoms with van der Waals surface area (Å²) < 4.78 is 10.8. The second-order valence-corrected chi connectivity index (χ2v) is 4.86. The van der Waals surface area contributed by atoms with E-state index in [0.717, 1.165) is 0 Å². The third-order valence-electron chi connectivity index (χ3n) is 1.81. The van der Waals surface area contributed by atoms with E-state index >= 15 is 0 Å². The molecule has 0 fully saturated rings. The van der Waals surface area contributed by atoms with Gasteiger partial charge in [0.2, 0.25) is 5.91 Å². The molecule has 0 aliphatic heterocycles. The molecule has 0 spiro atoms. The van der Waals surface area contributed by atoms with Gasteiger partial charge in [-0.1, -0.05) is 0 Å². The van der Waals surface area contributed by atoms with Crippen molar-refractivity contribution in [2.75, 3.05) is 25.1 Å². The highest BCUT2D eigenvalue weighted by molar-refractivity contribution is 7.84. The third kappa shape index (κ3) is 7.36. The first-order valence-electron chi connectivity index (χ1n) is 5.09. The van der Waals surface area contributed by atoms with Crippen molar-refractivity contribution in [3.05, 3.63) is 0 Å². The number of hydrogen-bond acceptors (Lipinski definition) is 4. The van der Waals surface area contributed by atoms with Crippen molar-refractivity contribution in [2.24, 2.45) is 0 Å². The van der Waals surface area contributed by atoms with Crippen molar-refractivity contribution >= 4 is 22.7 Å². The number of amides is 3. The number of urea groups is 1. The van der Waals surface area contributed by atoms with Gasteiger partial charge in [-0.15, -0.1) is 0 Å². The van der Waals surface area contributed by atoms with Gasteiger partial charge in [0, 0.05) is 35.9 Å². The zero-order valence-electron chi connectivity index (χ0n) is 9.83. The van der Waals surface area contributed by atoms with E-state index in [-0.39, 0.29) is 0 Å². The van der Waals surface area contributed by atoms with Gasteiger partial charge in [-0.2, -0.15) is 0 Å². The summed E-state index contributed by atoms with van der Waals surface area (Å²) in [5.41, 5.74) is 0. The van der Waals surface area contributed by atoms with E-state index in [1.807, 2.05) is 0 Å². The van der Waals surface area contributed by atoms with Gasteiger partial charge < -0.3 is 10.6 Å². The summed E-state index contributed by atoms with van der Waals surface area (Å²) in [7, 11) is -0.882. The van der Waals surface area contributed by atoms with Crippen molar-refractivity contribution in [3.63, 3.8) is 0 Å². The number of carbonyl (C=O) groups is 2. The average molecular weight is 249 g/mol. The van der Waals surface area contributed by atoms with Gasteiger partial charge >= 0.3 is 6.03 Å². The van der Waals surface area contributed by atoms with E-state index in [2.05, 4.69) is 16.0 Å². The fourth-order valence-corrected chi connectivity index (χ4v) is 1.34. The highest BCUT2D eigenvalue weighted by Gasteiger charge is 2.14. The van der Waals surface area contributed by atoms with Crippen LogP contribution in [0.2, 0.25) is 0 Å². The van der Waals surface area contributed by atoms with Crippen LogP contribution in [0.1, 0.15) is 13.8 Å². The topological polar surface area (TPSA) is 87.3 Å². The predicted molar refractivity (Wildman–Crippen MR) is 63.6 cm³/mol. The molecule has 0 aromatic heterocycles. The van der Waals surface area contributed by atoms with Crippen LogP contribution >= 0.6 is 0 Å². The normalized spacial score (nSPS) is 13.9. The molecule has 0 aliphatic rings. The van der Waals surface area contributed by atoms with E-state index in [0.29, 0.717) is 18.8 Å². The Bertz CT molecular complexity index is 271. The molecule has 0 rings (SSSR count). The Morgan fingerprint density at radius 2 is 2.00 bits per heavy atom. The lowest BCUT2D eigenvalue weighted by Crippen LogP contribution is -2.48. The molecule has 0 bridgehead atoms. The molecule has 2 unspecified atom stereocenters. The van der Waals surface area contributed by atoms with Crippen LogP contribution in [-0.4, -0.2) is 47.3 Å². The summed E-state index contributed by atoms with van der Waals surface area (Å²) in [6, 6.07) is -0.980. The minimum absolute atomic E-state index is 0.396. The van der Waals surface area contributed by atoms with Crippen LogP contribution in [0.5, 0.6) is 0 Å². The van der Waals surface area contributed by atoms with Crippen LogP contribution < -0.4 is 16.0 Å². The van der Waals surface area contributed by atoms with Crippen LogP contribution in [0.3, 0.4) is 0 Å². The van der Waals surface area contributed by atoms with Crippen molar-refractivity contribution in [1.82, 2.24) is 16.0 Å². The third-order valence-corrected chi connectivity index (χ3v) is 2.59. The summed E-state index contributed by atoms with van der Waals surface area (Å²) in [6.45, 7) is 4.36. The summed E-state index contributed by atoms with van der Waals surface area (Å²) in [5, 5.41) is 7.53. The first-order chi connectivity index (χ1) is 7.47. The van der Waals surface area contributed by atoms with Crippen LogP contribution in [-0.2, 0) is 15.6 Å².